The minimum Gasteiger partial charge on any atom is -0.497 e. The number of aliphatic hydroxyl groups is 4. The summed E-state index contributed by atoms with van der Waals surface area (Å²) < 4.78 is 19.9. The molecule has 7 heteroatoms. The van der Waals surface area contributed by atoms with Gasteiger partial charge in [-0.25, -0.2) is 0 Å². The molecule has 0 amide bonds. The highest BCUT2D eigenvalue weighted by Crippen LogP contribution is 2.46. The fourth-order valence-electron chi connectivity index (χ4n) is 6.25. The maximum atomic E-state index is 13.3. The van der Waals surface area contributed by atoms with Crippen molar-refractivity contribution >= 4 is 18.4 Å². The summed E-state index contributed by atoms with van der Waals surface area (Å²) in [6.45, 7) is 5.71. The first-order valence-electron chi connectivity index (χ1n) is 14.6. The van der Waals surface area contributed by atoms with Gasteiger partial charge in [0.05, 0.1) is 13.7 Å². The van der Waals surface area contributed by atoms with Crippen LogP contribution in [0.2, 0.25) is 5.04 Å². The molecule has 0 fully saturated rings. The smallest absolute Gasteiger partial charge is 0.161 e. The molecule has 0 bridgehead atoms. The SMILES string of the molecule is [2H]c1ccccc1[Si](c1ccccc1)(C(C)(C)C)C(O)(Cc1ccccc1)[C@H](O)[C@H](O)[C@H](O)COc1ccc(OC)cc1. The molecule has 2 unspecified atom stereocenters. The molecule has 4 aromatic rings. The summed E-state index contributed by atoms with van der Waals surface area (Å²) in [5.74, 6) is 1.10. The molecule has 0 radical (unpaired) electrons. The van der Waals surface area contributed by atoms with Gasteiger partial charge in [-0.2, -0.15) is 0 Å². The Bertz CT molecular complexity index is 1450. The standard InChI is InChI=1S/C35H42O6Si/c1-34(2,3)42(29-16-10-6-11-17-29,30-18-12-7-13-19-30)35(39,24-26-14-8-5-9-15-26)33(38)32(37)31(36)25-41-28-22-20-27(40-4)21-23-28/h5-23,31-33,36-39H,24-25H2,1-4H3/t31-,32-,33-,35?/m1/s1/i16D/t31-,32-,33-,35?,42?. The fourth-order valence-corrected chi connectivity index (χ4v) is 12.9. The van der Waals surface area contributed by atoms with E-state index in [4.69, 9.17) is 10.8 Å². The normalized spacial score (nSPS) is 17.2. The molecule has 0 aliphatic heterocycles. The molecule has 0 saturated carbocycles. The van der Waals surface area contributed by atoms with Crippen molar-refractivity contribution in [1.29, 1.82) is 0 Å². The Morgan fingerprint density at radius 1 is 0.738 bits per heavy atom. The van der Waals surface area contributed by atoms with Crippen molar-refractivity contribution < 1.29 is 31.3 Å². The summed E-state index contributed by atoms with van der Waals surface area (Å²) in [7, 11) is -2.15. The molecule has 4 rings (SSSR count). The van der Waals surface area contributed by atoms with Crippen LogP contribution in [0, 0.1) is 0 Å². The van der Waals surface area contributed by atoms with Gasteiger partial charge in [0, 0.05) is 6.42 Å². The molecule has 0 spiro atoms. The molecule has 0 aromatic heterocycles. The Labute approximate surface area is 251 Å². The largest absolute Gasteiger partial charge is 0.497 e. The van der Waals surface area contributed by atoms with Gasteiger partial charge in [-0.3, -0.25) is 0 Å². The molecule has 0 aliphatic carbocycles. The van der Waals surface area contributed by atoms with Crippen LogP contribution in [-0.2, 0) is 6.42 Å². The maximum absolute atomic E-state index is 13.3. The zero-order valence-electron chi connectivity index (χ0n) is 25.6. The van der Waals surface area contributed by atoms with Crippen LogP contribution in [0.25, 0.3) is 0 Å². The van der Waals surface area contributed by atoms with Crippen molar-refractivity contribution in [3.8, 4) is 11.5 Å². The van der Waals surface area contributed by atoms with Crippen LogP contribution < -0.4 is 19.8 Å². The number of rotatable bonds is 12. The first kappa shape index (κ1) is 30.0. The molecule has 222 valence electrons. The lowest BCUT2D eigenvalue weighted by Gasteiger charge is -2.56. The van der Waals surface area contributed by atoms with Crippen LogP contribution in [0.3, 0.4) is 0 Å². The number of hydrogen-bond donors (Lipinski definition) is 4. The zero-order chi connectivity index (χ0) is 31.3. The van der Waals surface area contributed by atoms with Gasteiger partial charge in [-0.15, -0.1) is 0 Å². The Hall–Kier alpha value is -3.46. The van der Waals surface area contributed by atoms with Gasteiger partial charge >= 0.3 is 0 Å². The number of hydrogen-bond acceptors (Lipinski definition) is 6. The summed E-state index contributed by atoms with van der Waals surface area (Å²) >= 11 is 0. The third-order valence-electron chi connectivity index (χ3n) is 8.10. The number of aliphatic hydroxyl groups excluding tert-OH is 3. The number of ether oxygens (including phenoxy) is 2. The molecule has 42 heavy (non-hydrogen) atoms. The molecule has 4 N–H and O–H groups in total. The van der Waals surface area contributed by atoms with E-state index in [1.807, 2.05) is 93.6 Å². The molecule has 0 saturated heterocycles. The highest BCUT2D eigenvalue weighted by Gasteiger charge is 2.65. The van der Waals surface area contributed by atoms with Gasteiger partial charge in [0.1, 0.15) is 36.4 Å². The molecular formula is C35H42O6Si. The second-order valence-electron chi connectivity index (χ2n) is 11.7. The van der Waals surface area contributed by atoms with E-state index in [0.717, 1.165) is 10.8 Å². The van der Waals surface area contributed by atoms with Gasteiger partial charge in [0.25, 0.3) is 0 Å². The highest BCUT2D eigenvalue weighted by atomic mass is 28.3. The minimum atomic E-state index is -3.71. The van der Waals surface area contributed by atoms with E-state index in [9.17, 15) is 20.4 Å². The predicted octanol–water partition coefficient (Wildman–Crippen LogP) is 3.73. The summed E-state index contributed by atoms with van der Waals surface area (Å²) in [6.07, 6.45) is -5.14. The van der Waals surface area contributed by atoms with E-state index in [0.29, 0.717) is 16.7 Å². The van der Waals surface area contributed by atoms with Crippen LogP contribution in [-0.4, -0.2) is 65.8 Å². The maximum Gasteiger partial charge on any atom is 0.161 e. The van der Waals surface area contributed by atoms with Crippen LogP contribution in [0.4, 0.5) is 0 Å². The van der Waals surface area contributed by atoms with E-state index < -0.39 is 36.6 Å². The third-order valence-corrected chi connectivity index (χ3v) is 14.4. The van der Waals surface area contributed by atoms with Gasteiger partial charge in [-0.05, 0) is 34.9 Å². The van der Waals surface area contributed by atoms with E-state index >= 15 is 0 Å². The summed E-state index contributed by atoms with van der Waals surface area (Å²) in [5.41, 5.74) is 0.750. The monoisotopic (exact) mass is 587 g/mol. The van der Waals surface area contributed by atoms with Crippen LogP contribution in [0.1, 0.15) is 27.7 Å². The molecule has 0 aliphatic rings. The first-order valence-corrected chi connectivity index (χ1v) is 16.1. The van der Waals surface area contributed by atoms with Crippen LogP contribution in [0.5, 0.6) is 11.5 Å². The predicted molar refractivity (Wildman–Crippen MR) is 169 cm³/mol. The summed E-state index contributed by atoms with van der Waals surface area (Å²) in [5, 5.41) is 46.9. The first-order chi connectivity index (χ1) is 20.5. The van der Waals surface area contributed by atoms with Crippen LogP contribution >= 0.6 is 0 Å². The Kier molecular flexibility index (Phi) is 9.46. The van der Waals surface area contributed by atoms with E-state index in [2.05, 4.69) is 0 Å². The van der Waals surface area contributed by atoms with Crippen molar-refractivity contribution in [1.82, 2.24) is 0 Å². The average Bonchev–Trinajstić information content (AvgIpc) is 3.01. The van der Waals surface area contributed by atoms with Gasteiger partial charge in [0.15, 0.2) is 8.07 Å². The Balaban J connectivity index is 1.87. The second-order valence-corrected chi connectivity index (χ2v) is 16.7. The topological polar surface area (TPSA) is 99.4 Å². The fraction of sp³-hybridized carbons (Fsp3) is 0.314. The minimum absolute atomic E-state index is 0.0230. The van der Waals surface area contributed by atoms with Crippen molar-refractivity contribution in [3.63, 3.8) is 0 Å². The molecule has 5 atom stereocenters. The lowest BCUT2D eigenvalue weighted by Crippen LogP contribution is -2.83. The average molecular weight is 588 g/mol. The molecule has 4 aromatic carbocycles. The molecule has 6 nitrogen and oxygen atoms in total. The van der Waals surface area contributed by atoms with E-state index in [1.165, 1.54) is 0 Å². The number of benzene rings is 4. The third kappa shape index (κ3) is 6.16. The quantitative estimate of drug-likeness (QED) is 0.189. The summed E-state index contributed by atoms with van der Waals surface area (Å²) in [6, 6.07) is 33.0. The Morgan fingerprint density at radius 2 is 1.26 bits per heavy atom. The lowest BCUT2D eigenvalue weighted by atomic mass is 9.96. The Morgan fingerprint density at radius 3 is 1.81 bits per heavy atom. The van der Waals surface area contributed by atoms with Gasteiger partial charge < -0.3 is 29.9 Å². The van der Waals surface area contributed by atoms with Gasteiger partial charge in [-0.1, -0.05) is 122 Å². The highest BCUT2D eigenvalue weighted by molar-refractivity contribution is 7.06. The van der Waals surface area contributed by atoms with Crippen molar-refractivity contribution in [2.45, 2.75) is 55.8 Å². The summed E-state index contributed by atoms with van der Waals surface area (Å²) in [4.78, 5) is 0. The van der Waals surface area contributed by atoms with Crippen molar-refractivity contribution in [3.05, 3.63) is 121 Å². The number of methoxy groups -OCH3 is 1. The van der Waals surface area contributed by atoms with E-state index in [1.54, 1.807) is 43.5 Å². The lowest BCUT2D eigenvalue weighted by molar-refractivity contribution is -0.130. The van der Waals surface area contributed by atoms with Gasteiger partial charge in [0.2, 0.25) is 0 Å². The molecule has 0 heterocycles. The second kappa shape index (κ2) is 13.2. The van der Waals surface area contributed by atoms with Crippen molar-refractivity contribution in [2.24, 2.45) is 0 Å². The van der Waals surface area contributed by atoms with Crippen molar-refractivity contribution in [2.75, 3.05) is 13.7 Å². The van der Waals surface area contributed by atoms with Crippen LogP contribution in [0.15, 0.2) is 115 Å². The molecular weight excluding hydrogens is 544 g/mol. The zero-order valence-corrected chi connectivity index (χ0v) is 25.6. The van der Waals surface area contributed by atoms with E-state index in [-0.39, 0.29) is 19.1 Å².